The molecule has 6 atom stereocenters. The number of aliphatic hydroxyl groups is 1. The molecule has 0 aromatic rings. The normalized spacial score (nSPS) is 52.7. The second kappa shape index (κ2) is 4.00. The molecular formula is C17H28O3. The zero-order chi connectivity index (χ0) is 14.9. The van der Waals surface area contributed by atoms with Gasteiger partial charge in [-0.1, -0.05) is 27.7 Å². The van der Waals surface area contributed by atoms with Crippen LogP contribution in [0.4, 0.5) is 0 Å². The van der Waals surface area contributed by atoms with Gasteiger partial charge >= 0.3 is 5.97 Å². The van der Waals surface area contributed by atoms with Gasteiger partial charge < -0.3 is 9.84 Å². The molecular weight excluding hydrogens is 252 g/mol. The molecule has 0 radical (unpaired) electrons. The first kappa shape index (κ1) is 14.4. The number of esters is 1. The Morgan fingerprint density at radius 1 is 1.25 bits per heavy atom. The fourth-order valence-corrected chi connectivity index (χ4v) is 6.12. The van der Waals surface area contributed by atoms with Crippen molar-refractivity contribution in [3.63, 3.8) is 0 Å². The van der Waals surface area contributed by atoms with Crippen LogP contribution in [0.3, 0.4) is 0 Å². The van der Waals surface area contributed by atoms with Crippen LogP contribution in [0.1, 0.15) is 60.3 Å². The van der Waals surface area contributed by atoms with Crippen molar-refractivity contribution in [2.24, 2.45) is 28.6 Å². The number of carbonyl (C=O) groups excluding carboxylic acids is 1. The van der Waals surface area contributed by atoms with E-state index in [1.165, 1.54) is 6.92 Å². The van der Waals surface area contributed by atoms with E-state index in [4.69, 9.17) is 4.74 Å². The Labute approximate surface area is 122 Å². The number of hydrogen-bond donors (Lipinski definition) is 1. The van der Waals surface area contributed by atoms with Gasteiger partial charge in [-0.3, -0.25) is 4.79 Å². The smallest absolute Gasteiger partial charge is 0.302 e. The molecule has 0 aromatic carbocycles. The molecule has 20 heavy (non-hydrogen) atoms. The predicted octanol–water partition coefficient (Wildman–Crippen LogP) is 3.15. The van der Waals surface area contributed by atoms with E-state index in [-0.39, 0.29) is 28.8 Å². The van der Waals surface area contributed by atoms with Crippen molar-refractivity contribution in [3.05, 3.63) is 0 Å². The standard InChI is InChI=1S/C17H28O3/c1-10-6-7-17(19)15(3,4)13-8-12(10)16(17,5)9-14(13)20-11(2)18/h10,12-14,19H,6-9H2,1-5H3/t10-,12-,13-,14+,16+,17+/m0/s1. The first-order chi connectivity index (χ1) is 9.13. The Hall–Kier alpha value is -0.570. The van der Waals surface area contributed by atoms with E-state index >= 15 is 0 Å². The van der Waals surface area contributed by atoms with Crippen molar-refractivity contribution in [3.8, 4) is 0 Å². The van der Waals surface area contributed by atoms with Crippen LogP contribution in [0, 0.1) is 28.6 Å². The maximum Gasteiger partial charge on any atom is 0.302 e. The highest BCUT2D eigenvalue weighted by atomic mass is 16.5. The molecule has 0 spiro atoms. The summed E-state index contributed by atoms with van der Waals surface area (Å²) in [6.45, 7) is 10.4. The molecule has 4 fully saturated rings. The number of ether oxygens (including phenoxy) is 1. The van der Waals surface area contributed by atoms with Gasteiger partial charge in [-0.25, -0.2) is 0 Å². The highest BCUT2D eigenvalue weighted by Gasteiger charge is 2.72. The lowest BCUT2D eigenvalue weighted by molar-refractivity contribution is -0.316. The molecule has 4 aliphatic rings. The quantitative estimate of drug-likeness (QED) is 0.751. The molecule has 0 heterocycles. The van der Waals surface area contributed by atoms with Crippen molar-refractivity contribution < 1.29 is 14.6 Å². The van der Waals surface area contributed by atoms with E-state index in [9.17, 15) is 9.90 Å². The summed E-state index contributed by atoms with van der Waals surface area (Å²) in [4.78, 5) is 11.4. The van der Waals surface area contributed by atoms with Gasteiger partial charge in [-0.15, -0.1) is 0 Å². The summed E-state index contributed by atoms with van der Waals surface area (Å²) < 4.78 is 5.62. The maximum atomic E-state index is 11.5. The Bertz CT molecular complexity index is 444. The molecule has 0 saturated heterocycles. The first-order valence-electron chi connectivity index (χ1n) is 8.03. The fraction of sp³-hybridized carbons (Fsp3) is 0.941. The molecule has 4 saturated carbocycles. The Balaban J connectivity index is 2.05. The number of hydrogen-bond acceptors (Lipinski definition) is 3. The van der Waals surface area contributed by atoms with Crippen LogP contribution in [0.2, 0.25) is 0 Å². The van der Waals surface area contributed by atoms with Crippen LogP contribution in [-0.2, 0) is 9.53 Å². The molecule has 4 rings (SSSR count). The summed E-state index contributed by atoms with van der Waals surface area (Å²) in [6.07, 6.45) is 3.90. The van der Waals surface area contributed by atoms with Gasteiger partial charge in [-0.2, -0.15) is 0 Å². The van der Waals surface area contributed by atoms with E-state index in [0.717, 1.165) is 25.7 Å². The molecule has 3 nitrogen and oxygen atoms in total. The van der Waals surface area contributed by atoms with Crippen LogP contribution >= 0.6 is 0 Å². The van der Waals surface area contributed by atoms with Gasteiger partial charge in [0.05, 0.1) is 5.60 Å². The van der Waals surface area contributed by atoms with Crippen LogP contribution < -0.4 is 0 Å². The minimum absolute atomic E-state index is 0.0191. The second-order valence-electron chi connectivity index (χ2n) is 8.32. The molecule has 1 N–H and O–H groups in total. The monoisotopic (exact) mass is 280 g/mol. The summed E-state index contributed by atoms with van der Waals surface area (Å²) in [6, 6.07) is 0. The lowest BCUT2D eigenvalue weighted by Gasteiger charge is -2.72. The SMILES string of the molecule is CC(=O)O[C@@H]1C[C@]2(C)[C@H]3C[C@@H]1C(C)(C)[C@]2(O)CC[C@@H]3C. The van der Waals surface area contributed by atoms with Gasteiger partial charge in [0.15, 0.2) is 0 Å². The lowest BCUT2D eigenvalue weighted by atomic mass is 9.35. The van der Waals surface area contributed by atoms with Gasteiger partial charge in [-0.05, 0) is 37.5 Å². The summed E-state index contributed by atoms with van der Waals surface area (Å²) in [7, 11) is 0. The lowest BCUT2D eigenvalue weighted by Crippen LogP contribution is -2.74. The number of rotatable bonds is 1. The molecule has 0 unspecified atom stereocenters. The summed E-state index contributed by atoms with van der Waals surface area (Å²) in [5.41, 5.74) is -0.920. The summed E-state index contributed by atoms with van der Waals surface area (Å²) in [5, 5.41) is 11.5. The zero-order valence-corrected chi connectivity index (χ0v) is 13.4. The Morgan fingerprint density at radius 2 is 1.90 bits per heavy atom. The van der Waals surface area contributed by atoms with Crippen LogP contribution in [0.15, 0.2) is 0 Å². The highest BCUT2D eigenvalue weighted by molar-refractivity contribution is 5.66. The van der Waals surface area contributed by atoms with E-state index < -0.39 is 5.60 Å². The van der Waals surface area contributed by atoms with E-state index in [1.54, 1.807) is 0 Å². The molecule has 0 aromatic heterocycles. The van der Waals surface area contributed by atoms with E-state index in [0.29, 0.717) is 11.8 Å². The zero-order valence-electron chi connectivity index (χ0n) is 13.4. The first-order valence-corrected chi connectivity index (χ1v) is 8.03. The highest BCUT2D eigenvalue weighted by Crippen LogP contribution is 2.71. The maximum absolute atomic E-state index is 11.5. The molecule has 4 bridgehead atoms. The van der Waals surface area contributed by atoms with Crippen molar-refractivity contribution in [1.82, 2.24) is 0 Å². The fourth-order valence-electron chi connectivity index (χ4n) is 6.12. The third kappa shape index (κ3) is 1.48. The van der Waals surface area contributed by atoms with Crippen molar-refractivity contribution >= 4 is 5.97 Å². The third-order valence-corrected chi connectivity index (χ3v) is 7.30. The van der Waals surface area contributed by atoms with Gasteiger partial charge in [0.1, 0.15) is 6.10 Å². The predicted molar refractivity (Wildman–Crippen MR) is 77.0 cm³/mol. The number of carbonyl (C=O) groups is 1. The van der Waals surface area contributed by atoms with Gasteiger partial charge in [0.2, 0.25) is 0 Å². The average Bonchev–Trinajstić information content (AvgIpc) is 2.31. The molecule has 0 aliphatic heterocycles. The largest absolute Gasteiger partial charge is 0.462 e. The van der Waals surface area contributed by atoms with Gasteiger partial charge in [0.25, 0.3) is 0 Å². The van der Waals surface area contributed by atoms with Crippen LogP contribution in [-0.4, -0.2) is 22.8 Å². The average molecular weight is 280 g/mol. The molecule has 114 valence electrons. The molecule has 4 aliphatic carbocycles. The minimum atomic E-state index is -0.614. The number of fused-ring (bicyclic) bond motifs is 1. The summed E-state index contributed by atoms with van der Waals surface area (Å²) in [5.74, 6) is 1.32. The second-order valence-corrected chi connectivity index (χ2v) is 8.32. The van der Waals surface area contributed by atoms with Gasteiger partial charge in [0, 0.05) is 23.7 Å². The van der Waals surface area contributed by atoms with E-state index in [1.807, 2.05) is 0 Å². The molecule has 0 amide bonds. The summed E-state index contributed by atoms with van der Waals surface area (Å²) >= 11 is 0. The van der Waals surface area contributed by atoms with E-state index in [2.05, 4.69) is 27.7 Å². The van der Waals surface area contributed by atoms with Crippen molar-refractivity contribution in [2.45, 2.75) is 72.0 Å². The minimum Gasteiger partial charge on any atom is -0.462 e. The van der Waals surface area contributed by atoms with Crippen LogP contribution in [0.25, 0.3) is 0 Å². The van der Waals surface area contributed by atoms with Crippen molar-refractivity contribution in [2.75, 3.05) is 0 Å². The van der Waals surface area contributed by atoms with Crippen LogP contribution in [0.5, 0.6) is 0 Å². The third-order valence-electron chi connectivity index (χ3n) is 7.30. The van der Waals surface area contributed by atoms with Crippen molar-refractivity contribution in [1.29, 1.82) is 0 Å². The Kier molecular flexibility index (Phi) is 2.87. The molecule has 3 heteroatoms. The Morgan fingerprint density at radius 3 is 2.50 bits per heavy atom. The topological polar surface area (TPSA) is 46.5 Å².